The van der Waals surface area contributed by atoms with Gasteiger partial charge in [0.2, 0.25) is 0 Å². The van der Waals surface area contributed by atoms with Gasteiger partial charge in [-0.05, 0) is 44.3 Å². The zero-order chi connectivity index (χ0) is 11.7. The second-order valence-electron chi connectivity index (χ2n) is 4.98. The van der Waals surface area contributed by atoms with Crippen LogP contribution >= 0.6 is 0 Å². The maximum atomic E-state index is 5.83. The minimum absolute atomic E-state index is 0.682. The standard InChI is InChI=1S/C13H30N2/c1-5-7-8-15(6-2)11-13(10-14)9-12(3)4/h12-13H,5-11,14H2,1-4H3. The first-order valence-corrected chi connectivity index (χ1v) is 6.56. The predicted octanol–water partition coefficient (Wildman–Crippen LogP) is 2.73. The molecule has 0 rings (SSSR count). The predicted molar refractivity (Wildman–Crippen MR) is 69.0 cm³/mol. The second-order valence-corrected chi connectivity index (χ2v) is 4.98. The molecule has 2 nitrogen and oxygen atoms in total. The fraction of sp³-hybridized carbons (Fsp3) is 1.00. The third kappa shape index (κ3) is 7.80. The van der Waals surface area contributed by atoms with Crippen molar-refractivity contribution >= 4 is 0 Å². The van der Waals surface area contributed by atoms with E-state index in [0.717, 1.165) is 19.0 Å². The van der Waals surface area contributed by atoms with Gasteiger partial charge < -0.3 is 10.6 Å². The highest BCUT2D eigenvalue weighted by atomic mass is 15.1. The minimum Gasteiger partial charge on any atom is -0.330 e. The van der Waals surface area contributed by atoms with Gasteiger partial charge in [0.05, 0.1) is 0 Å². The first kappa shape index (κ1) is 14.9. The van der Waals surface area contributed by atoms with Crippen molar-refractivity contribution in [2.75, 3.05) is 26.2 Å². The molecule has 0 aromatic rings. The Balaban J connectivity index is 3.88. The number of rotatable bonds is 9. The lowest BCUT2D eigenvalue weighted by Crippen LogP contribution is -2.34. The summed E-state index contributed by atoms with van der Waals surface area (Å²) < 4.78 is 0. The van der Waals surface area contributed by atoms with Crippen molar-refractivity contribution in [3.05, 3.63) is 0 Å². The maximum absolute atomic E-state index is 5.83. The molecule has 2 heteroatoms. The molecule has 92 valence electrons. The van der Waals surface area contributed by atoms with E-state index in [4.69, 9.17) is 5.73 Å². The summed E-state index contributed by atoms with van der Waals surface area (Å²) in [4.78, 5) is 2.55. The highest BCUT2D eigenvalue weighted by Gasteiger charge is 2.12. The lowest BCUT2D eigenvalue weighted by atomic mass is 9.96. The van der Waals surface area contributed by atoms with Crippen LogP contribution in [0.1, 0.15) is 47.0 Å². The van der Waals surface area contributed by atoms with Gasteiger partial charge in [0.25, 0.3) is 0 Å². The van der Waals surface area contributed by atoms with E-state index in [0.29, 0.717) is 5.92 Å². The van der Waals surface area contributed by atoms with Gasteiger partial charge >= 0.3 is 0 Å². The van der Waals surface area contributed by atoms with Crippen LogP contribution in [-0.4, -0.2) is 31.1 Å². The van der Waals surface area contributed by atoms with E-state index in [1.165, 1.54) is 32.4 Å². The van der Waals surface area contributed by atoms with E-state index in [2.05, 4.69) is 32.6 Å². The molecule has 0 saturated heterocycles. The molecule has 1 atom stereocenters. The van der Waals surface area contributed by atoms with Crippen molar-refractivity contribution in [3.63, 3.8) is 0 Å². The van der Waals surface area contributed by atoms with Crippen LogP contribution in [0.5, 0.6) is 0 Å². The fourth-order valence-corrected chi connectivity index (χ4v) is 2.04. The Kier molecular flexibility index (Phi) is 9.12. The summed E-state index contributed by atoms with van der Waals surface area (Å²) in [5.74, 6) is 1.45. The first-order chi connectivity index (χ1) is 7.13. The molecule has 0 amide bonds. The van der Waals surface area contributed by atoms with E-state index >= 15 is 0 Å². The summed E-state index contributed by atoms with van der Waals surface area (Å²) in [7, 11) is 0. The largest absolute Gasteiger partial charge is 0.330 e. The molecule has 15 heavy (non-hydrogen) atoms. The Bertz CT molecular complexity index is 134. The molecule has 0 aromatic carbocycles. The Morgan fingerprint density at radius 3 is 2.27 bits per heavy atom. The maximum Gasteiger partial charge on any atom is 0.00217 e. The minimum atomic E-state index is 0.682. The molecule has 0 aliphatic rings. The van der Waals surface area contributed by atoms with E-state index in [1.807, 2.05) is 0 Å². The highest BCUT2D eigenvalue weighted by Crippen LogP contribution is 2.12. The summed E-state index contributed by atoms with van der Waals surface area (Å²) in [6, 6.07) is 0. The monoisotopic (exact) mass is 214 g/mol. The summed E-state index contributed by atoms with van der Waals surface area (Å²) in [5.41, 5.74) is 5.83. The summed E-state index contributed by atoms with van der Waals surface area (Å²) >= 11 is 0. The number of nitrogens with zero attached hydrogens (tertiary/aromatic N) is 1. The Morgan fingerprint density at radius 2 is 1.87 bits per heavy atom. The molecule has 0 fully saturated rings. The number of nitrogens with two attached hydrogens (primary N) is 1. The Hall–Kier alpha value is -0.0800. The van der Waals surface area contributed by atoms with Crippen LogP contribution in [0.2, 0.25) is 0 Å². The van der Waals surface area contributed by atoms with Gasteiger partial charge in [0.1, 0.15) is 0 Å². The molecule has 0 bridgehead atoms. The lowest BCUT2D eigenvalue weighted by molar-refractivity contribution is 0.223. The molecule has 2 N–H and O–H groups in total. The Labute approximate surface area is 96.2 Å². The van der Waals surface area contributed by atoms with Gasteiger partial charge in [-0.2, -0.15) is 0 Å². The molecule has 0 spiro atoms. The van der Waals surface area contributed by atoms with Gasteiger partial charge in [-0.3, -0.25) is 0 Å². The van der Waals surface area contributed by atoms with Crippen molar-refractivity contribution in [2.45, 2.75) is 47.0 Å². The quantitative estimate of drug-likeness (QED) is 0.639. The molecule has 0 aromatic heterocycles. The fourth-order valence-electron chi connectivity index (χ4n) is 2.04. The van der Waals surface area contributed by atoms with Crippen molar-refractivity contribution in [1.82, 2.24) is 4.90 Å². The normalized spacial score (nSPS) is 13.8. The van der Waals surface area contributed by atoms with Crippen LogP contribution in [0, 0.1) is 11.8 Å². The van der Waals surface area contributed by atoms with Gasteiger partial charge in [0.15, 0.2) is 0 Å². The molecule has 0 radical (unpaired) electrons. The average molecular weight is 214 g/mol. The van der Waals surface area contributed by atoms with Crippen LogP contribution in [0.15, 0.2) is 0 Å². The second kappa shape index (κ2) is 9.17. The van der Waals surface area contributed by atoms with Crippen LogP contribution in [-0.2, 0) is 0 Å². The Morgan fingerprint density at radius 1 is 1.20 bits per heavy atom. The topological polar surface area (TPSA) is 29.3 Å². The van der Waals surface area contributed by atoms with E-state index < -0.39 is 0 Å². The SMILES string of the molecule is CCCCN(CC)CC(CN)CC(C)C. The van der Waals surface area contributed by atoms with Crippen LogP contribution in [0.4, 0.5) is 0 Å². The average Bonchev–Trinajstić information content (AvgIpc) is 2.21. The van der Waals surface area contributed by atoms with Crippen LogP contribution in [0.25, 0.3) is 0 Å². The third-order valence-electron chi connectivity index (χ3n) is 2.93. The smallest absolute Gasteiger partial charge is 0.00217 e. The number of hydrogen-bond acceptors (Lipinski definition) is 2. The van der Waals surface area contributed by atoms with Gasteiger partial charge in [-0.15, -0.1) is 0 Å². The zero-order valence-corrected chi connectivity index (χ0v) is 11.1. The molecular weight excluding hydrogens is 184 g/mol. The van der Waals surface area contributed by atoms with Crippen molar-refractivity contribution < 1.29 is 0 Å². The molecule has 0 saturated carbocycles. The van der Waals surface area contributed by atoms with E-state index in [9.17, 15) is 0 Å². The van der Waals surface area contributed by atoms with Crippen molar-refractivity contribution in [2.24, 2.45) is 17.6 Å². The number of hydrogen-bond donors (Lipinski definition) is 1. The number of unbranched alkanes of at least 4 members (excludes halogenated alkanes) is 1. The van der Waals surface area contributed by atoms with Crippen LogP contribution < -0.4 is 5.73 Å². The summed E-state index contributed by atoms with van der Waals surface area (Å²) in [6.07, 6.45) is 3.86. The summed E-state index contributed by atoms with van der Waals surface area (Å²) in [6.45, 7) is 13.5. The third-order valence-corrected chi connectivity index (χ3v) is 2.93. The molecular formula is C13H30N2. The van der Waals surface area contributed by atoms with Gasteiger partial charge in [-0.1, -0.05) is 34.1 Å². The molecule has 0 heterocycles. The van der Waals surface area contributed by atoms with Crippen LogP contribution in [0.3, 0.4) is 0 Å². The lowest BCUT2D eigenvalue weighted by Gasteiger charge is -2.26. The molecule has 0 aliphatic carbocycles. The van der Waals surface area contributed by atoms with Crippen molar-refractivity contribution in [3.8, 4) is 0 Å². The van der Waals surface area contributed by atoms with Gasteiger partial charge in [0, 0.05) is 6.54 Å². The van der Waals surface area contributed by atoms with Gasteiger partial charge in [-0.25, -0.2) is 0 Å². The first-order valence-electron chi connectivity index (χ1n) is 6.56. The zero-order valence-electron chi connectivity index (χ0n) is 11.1. The summed E-state index contributed by atoms with van der Waals surface area (Å²) in [5, 5.41) is 0. The van der Waals surface area contributed by atoms with E-state index in [1.54, 1.807) is 0 Å². The van der Waals surface area contributed by atoms with E-state index in [-0.39, 0.29) is 0 Å². The van der Waals surface area contributed by atoms with Crippen molar-refractivity contribution in [1.29, 1.82) is 0 Å². The molecule has 1 unspecified atom stereocenters. The molecule has 0 aliphatic heterocycles. The highest BCUT2D eigenvalue weighted by molar-refractivity contribution is 4.67.